The Morgan fingerprint density at radius 3 is 3.21 bits per heavy atom. The lowest BCUT2D eigenvalue weighted by molar-refractivity contribution is 0.933. The molecule has 0 bridgehead atoms. The van der Waals surface area contributed by atoms with E-state index in [4.69, 9.17) is 5.73 Å². The third-order valence-corrected chi connectivity index (χ3v) is 2.42. The van der Waals surface area contributed by atoms with Crippen molar-refractivity contribution in [2.24, 2.45) is 10.7 Å². The summed E-state index contributed by atoms with van der Waals surface area (Å²) in [6.07, 6.45) is 2.70. The summed E-state index contributed by atoms with van der Waals surface area (Å²) >= 11 is 1.70. The molecule has 0 radical (unpaired) electrons. The Morgan fingerprint density at radius 2 is 2.57 bits per heavy atom. The maximum absolute atomic E-state index is 5.59. The number of nitrogens with zero attached hydrogens (tertiary/aromatic N) is 1. The molecule has 0 unspecified atom stereocenters. The lowest BCUT2D eigenvalue weighted by Crippen LogP contribution is -2.31. The Kier molecular flexibility index (Phi) is 4.78. The van der Waals surface area contributed by atoms with Gasteiger partial charge in [0.1, 0.15) is 0 Å². The second-order valence-electron chi connectivity index (χ2n) is 2.82. The SMILES string of the molecule is C=CCNC(N)=NCCc1ccsc1. The first kappa shape index (κ1) is 10.8. The van der Waals surface area contributed by atoms with Crippen molar-refractivity contribution in [3.05, 3.63) is 35.0 Å². The van der Waals surface area contributed by atoms with Crippen molar-refractivity contribution in [1.29, 1.82) is 0 Å². The summed E-state index contributed by atoms with van der Waals surface area (Å²) < 4.78 is 0. The summed E-state index contributed by atoms with van der Waals surface area (Å²) in [5, 5.41) is 7.12. The average molecular weight is 209 g/mol. The third-order valence-electron chi connectivity index (χ3n) is 1.69. The molecule has 1 aromatic heterocycles. The molecule has 76 valence electrons. The highest BCUT2D eigenvalue weighted by Crippen LogP contribution is 2.06. The number of guanidine groups is 1. The molecule has 0 aliphatic heterocycles. The summed E-state index contributed by atoms with van der Waals surface area (Å²) in [5.74, 6) is 0.486. The Hall–Kier alpha value is -1.29. The summed E-state index contributed by atoms with van der Waals surface area (Å²) in [7, 11) is 0. The van der Waals surface area contributed by atoms with Crippen molar-refractivity contribution >= 4 is 17.3 Å². The van der Waals surface area contributed by atoms with Crippen molar-refractivity contribution in [3.63, 3.8) is 0 Å². The smallest absolute Gasteiger partial charge is 0.188 e. The summed E-state index contributed by atoms with van der Waals surface area (Å²) in [6.45, 7) is 4.97. The number of nitrogens with one attached hydrogen (secondary N) is 1. The van der Waals surface area contributed by atoms with Gasteiger partial charge in [0.05, 0.1) is 0 Å². The van der Waals surface area contributed by atoms with Gasteiger partial charge >= 0.3 is 0 Å². The highest BCUT2D eigenvalue weighted by molar-refractivity contribution is 7.07. The minimum atomic E-state index is 0.486. The number of hydrogen-bond donors (Lipinski definition) is 2. The van der Waals surface area contributed by atoms with Crippen molar-refractivity contribution in [1.82, 2.24) is 5.32 Å². The van der Waals surface area contributed by atoms with Gasteiger partial charge in [0, 0.05) is 13.1 Å². The highest BCUT2D eigenvalue weighted by Gasteiger charge is 1.92. The van der Waals surface area contributed by atoms with Crippen LogP contribution in [0.2, 0.25) is 0 Å². The first-order valence-corrected chi connectivity index (χ1v) is 5.43. The predicted molar refractivity (Wildman–Crippen MR) is 62.7 cm³/mol. The standard InChI is InChI=1S/C10H15N3S/c1-2-5-12-10(11)13-6-3-9-4-7-14-8-9/h2,4,7-8H,1,3,5-6H2,(H3,11,12,13). The largest absolute Gasteiger partial charge is 0.370 e. The molecule has 1 aromatic rings. The number of thiophene rings is 1. The van der Waals surface area contributed by atoms with Crippen LogP contribution in [0, 0.1) is 0 Å². The second kappa shape index (κ2) is 6.21. The van der Waals surface area contributed by atoms with E-state index in [0.29, 0.717) is 12.5 Å². The van der Waals surface area contributed by atoms with Gasteiger partial charge < -0.3 is 11.1 Å². The lowest BCUT2D eigenvalue weighted by Gasteiger charge is -2.01. The molecule has 0 aliphatic rings. The molecule has 0 saturated carbocycles. The van der Waals surface area contributed by atoms with Crippen LogP contribution in [0.5, 0.6) is 0 Å². The molecule has 0 saturated heterocycles. The van der Waals surface area contributed by atoms with Gasteiger partial charge in [-0.25, -0.2) is 0 Å². The number of rotatable bonds is 5. The van der Waals surface area contributed by atoms with Crippen LogP contribution in [-0.2, 0) is 6.42 Å². The molecule has 3 N–H and O–H groups in total. The fraction of sp³-hybridized carbons (Fsp3) is 0.300. The number of hydrogen-bond acceptors (Lipinski definition) is 2. The van der Waals surface area contributed by atoms with Crippen molar-refractivity contribution in [3.8, 4) is 0 Å². The van der Waals surface area contributed by atoms with E-state index >= 15 is 0 Å². The van der Waals surface area contributed by atoms with Crippen LogP contribution in [0.4, 0.5) is 0 Å². The molecule has 14 heavy (non-hydrogen) atoms. The third kappa shape index (κ3) is 4.09. The first-order chi connectivity index (χ1) is 6.83. The molecule has 1 heterocycles. The van der Waals surface area contributed by atoms with Crippen molar-refractivity contribution in [2.45, 2.75) is 6.42 Å². The van der Waals surface area contributed by atoms with Gasteiger partial charge in [0.2, 0.25) is 0 Å². The summed E-state index contributed by atoms with van der Waals surface area (Å²) in [4.78, 5) is 4.18. The van der Waals surface area contributed by atoms with Crippen LogP contribution < -0.4 is 11.1 Å². The topological polar surface area (TPSA) is 50.4 Å². The zero-order valence-corrected chi connectivity index (χ0v) is 8.89. The van der Waals surface area contributed by atoms with E-state index in [0.717, 1.165) is 13.0 Å². The zero-order valence-electron chi connectivity index (χ0n) is 8.07. The van der Waals surface area contributed by atoms with Crippen LogP contribution in [0.25, 0.3) is 0 Å². The van der Waals surface area contributed by atoms with Crippen molar-refractivity contribution in [2.75, 3.05) is 13.1 Å². The number of aliphatic imine (C=N–C) groups is 1. The van der Waals surface area contributed by atoms with Gasteiger partial charge in [-0.3, -0.25) is 4.99 Å². The fourth-order valence-electron chi connectivity index (χ4n) is 0.973. The zero-order chi connectivity index (χ0) is 10.2. The van der Waals surface area contributed by atoms with Gasteiger partial charge in [-0.1, -0.05) is 6.08 Å². The highest BCUT2D eigenvalue weighted by atomic mass is 32.1. The molecule has 0 atom stereocenters. The average Bonchev–Trinajstić information content (AvgIpc) is 2.67. The van der Waals surface area contributed by atoms with Gasteiger partial charge in [-0.2, -0.15) is 11.3 Å². The van der Waals surface area contributed by atoms with Gasteiger partial charge in [-0.05, 0) is 28.8 Å². The molecule has 0 amide bonds. The second-order valence-corrected chi connectivity index (χ2v) is 3.60. The Labute approximate surface area is 88.4 Å². The maximum atomic E-state index is 5.59. The molecule has 0 aliphatic carbocycles. The Bertz CT molecular complexity index is 290. The van der Waals surface area contributed by atoms with E-state index in [1.54, 1.807) is 17.4 Å². The molecule has 0 fully saturated rings. The van der Waals surface area contributed by atoms with Crippen LogP contribution in [0.3, 0.4) is 0 Å². The van der Waals surface area contributed by atoms with E-state index in [-0.39, 0.29) is 0 Å². The quantitative estimate of drug-likeness (QED) is 0.437. The molecular weight excluding hydrogens is 194 g/mol. The van der Waals surface area contributed by atoms with Crippen LogP contribution in [0.1, 0.15) is 5.56 Å². The molecule has 1 rings (SSSR count). The molecule has 3 nitrogen and oxygen atoms in total. The van der Waals surface area contributed by atoms with Gasteiger partial charge in [0.15, 0.2) is 5.96 Å². The van der Waals surface area contributed by atoms with Gasteiger partial charge in [-0.15, -0.1) is 6.58 Å². The number of nitrogens with two attached hydrogens (primary N) is 1. The minimum Gasteiger partial charge on any atom is -0.370 e. The summed E-state index contributed by atoms with van der Waals surface area (Å²) in [6, 6.07) is 2.10. The van der Waals surface area contributed by atoms with E-state index in [1.165, 1.54) is 5.56 Å². The lowest BCUT2D eigenvalue weighted by atomic mass is 10.2. The van der Waals surface area contributed by atoms with E-state index in [1.807, 2.05) is 0 Å². The minimum absolute atomic E-state index is 0.486. The van der Waals surface area contributed by atoms with Crippen molar-refractivity contribution < 1.29 is 0 Å². The van der Waals surface area contributed by atoms with E-state index in [9.17, 15) is 0 Å². The maximum Gasteiger partial charge on any atom is 0.188 e. The molecule has 0 spiro atoms. The normalized spacial score (nSPS) is 11.3. The predicted octanol–water partition coefficient (Wildman–Crippen LogP) is 1.38. The summed E-state index contributed by atoms with van der Waals surface area (Å²) in [5.41, 5.74) is 6.91. The van der Waals surface area contributed by atoms with Crippen LogP contribution >= 0.6 is 11.3 Å². The first-order valence-electron chi connectivity index (χ1n) is 4.48. The fourth-order valence-corrected chi connectivity index (χ4v) is 1.68. The molecular formula is C10H15N3S. The van der Waals surface area contributed by atoms with E-state index < -0.39 is 0 Å². The molecule has 4 heteroatoms. The monoisotopic (exact) mass is 209 g/mol. The van der Waals surface area contributed by atoms with Gasteiger partial charge in [0.25, 0.3) is 0 Å². The Morgan fingerprint density at radius 1 is 1.71 bits per heavy atom. The Balaban J connectivity index is 2.22. The van der Waals surface area contributed by atoms with Crippen LogP contribution in [-0.4, -0.2) is 19.0 Å². The van der Waals surface area contributed by atoms with E-state index in [2.05, 4.69) is 33.7 Å². The van der Waals surface area contributed by atoms with Crippen LogP contribution in [0.15, 0.2) is 34.5 Å². The molecule has 0 aromatic carbocycles.